The van der Waals surface area contributed by atoms with Crippen molar-refractivity contribution in [1.82, 2.24) is 5.32 Å². The van der Waals surface area contributed by atoms with Gasteiger partial charge in [-0.3, -0.25) is 0 Å². The van der Waals surface area contributed by atoms with Gasteiger partial charge < -0.3 is 19.5 Å². The Morgan fingerprint density at radius 1 is 0.885 bits per heavy atom. The number of hydrogen-bond donors (Lipinski definition) is 1. The number of ether oxygens (including phenoxy) is 3. The van der Waals surface area contributed by atoms with Gasteiger partial charge in [-0.1, -0.05) is 12.1 Å². The van der Waals surface area contributed by atoms with Crippen LogP contribution in [0, 0.1) is 0 Å². The fourth-order valence-corrected chi connectivity index (χ4v) is 4.03. The Hall–Kier alpha value is -2.46. The summed E-state index contributed by atoms with van der Waals surface area (Å²) < 4.78 is 16.5. The number of nitrogens with one attached hydrogen (secondary N) is 1. The van der Waals surface area contributed by atoms with E-state index in [1.165, 1.54) is 29.2 Å². The highest BCUT2D eigenvalue weighted by Gasteiger charge is 2.18. The van der Waals surface area contributed by atoms with Crippen molar-refractivity contribution in [3.63, 3.8) is 0 Å². The van der Waals surface area contributed by atoms with Gasteiger partial charge in [-0.05, 0) is 77.2 Å². The van der Waals surface area contributed by atoms with Crippen LogP contribution in [0.15, 0.2) is 36.4 Å². The molecule has 4 heteroatoms. The molecule has 1 aliphatic rings. The topological polar surface area (TPSA) is 39.7 Å². The van der Waals surface area contributed by atoms with Crippen LogP contribution < -0.4 is 19.5 Å². The highest BCUT2D eigenvalue weighted by molar-refractivity contribution is 6.10. The first-order valence-electron chi connectivity index (χ1n) is 9.12. The lowest BCUT2D eigenvalue weighted by Crippen LogP contribution is -2.23. The van der Waals surface area contributed by atoms with Crippen LogP contribution in [0.3, 0.4) is 0 Å². The third-order valence-corrected chi connectivity index (χ3v) is 5.38. The quantitative estimate of drug-likeness (QED) is 0.695. The van der Waals surface area contributed by atoms with Crippen LogP contribution in [-0.4, -0.2) is 33.9 Å². The van der Waals surface area contributed by atoms with Gasteiger partial charge in [-0.15, -0.1) is 0 Å². The Morgan fingerprint density at radius 3 is 2.38 bits per heavy atom. The Labute approximate surface area is 154 Å². The maximum atomic E-state index is 5.52. The molecule has 1 unspecified atom stereocenters. The molecule has 0 aromatic heterocycles. The smallest absolute Gasteiger partial charge is 0.161 e. The van der Waals surface area contributed by atoms with Crippen LogP contribution in [0.1, 0.15) is 18.4 Å². The van der Waals surface area contributed by atoms with E-state index in [4.69, 9.17) is 14.2 Å². The lowest BCUT2D eigenvalue weighted by molar-refractivity contribution is 0.356. The van der Waals surface area contributed by atoms with E-state index in [2.05, 4.69) is 35.6 Å². The number of methoxy groups -OCH3 is 3. The number of rotatable bonds is 5. The summed E-state index contributed by atoms with van der Waals surface area (Å²) in [6, 6.07) is 13.3. The molecule has 4 nitrogen and oxygen atoms in total. The maximum Gasteiger partial charge on any atom is 0.161 e. The molecule has 0 spiro atoms. The second-order valence-corrected chi connectivity index (χ2v) is 6.87. The maximum absolute atomic E-state index is 5.52. The largest absolute Gasteiger partial charge is 0.497 e. The van der Waals surface area contributed by atoms with E-state index in [1.807, 2.05) is 6.07 Å². The van der Waals surface area contributed by atoms with Crippen molar-refractivity contribution in [2.75, 3.05) is 27.9 Å². The second-order valence-electron chi connectivity index (χ2n) is 6.87. The fraction of sp³-hybridized carbons (Fsp3) is 0.364. The van der Waals surface area contributed by atoms with Gasteiger partial charge in [0.2, 0.25) is 0 Å². The predicted octanol–water partition coefficient (Wildman–Crippen LogP) is 4.31. The Morgan fingerprint density at radius 2 is 1.69 bits per heavy atom. The molecule has 1 atom stereocenters. The summed E-state index contributed by atoms with van der Waals surface area (Å²) in [4.78, 5) is 0. The lowest BCUT2D eigenvalue weighted by atomic mass is 9.93. The zero-order chi connectivity index (χ0) is 18.1. The van der Waals surface area contributed by atoms with Crippen LogP contribution in [-0.2, 0) is 6.42 Å². The Kier molecular flexibility index (Phi) is 4.60. The molecular weight excluding hydrogens is 326 g/mol. The van der Waals surface area contributed by atoms with Crippen LogP contribution in [0.2, 0.25) is 0 Å². The average Bonchev–Trinajstić information content (AvgIpc) is 3.19. The molecule has 0 saturated carbocycles. The first-order chi connectivity index (χ1) is 12.7. The molecule has 26 heavy (non-hydrogen) atoms. The van der Waals surface area contributed by atoms with Gasteiger partial charge in [0.1, 0.15) is 5.75 Å². The van der Waals surface area contributed by atoms with Gasteiger partial charge in [0.15, 0.2) is 11.5 Å². The molecule has 0 radical (unpaired) electrons. The van der Waals surface area contributed by atoms with E-state index < -0.39 is 0 Å². The van der Waals surface area contributed by atoms with Crippen molar-refractivity contribution in [3.8, 4) is 17.2 Å². The van der Waals surface area contributed by atoms with Crippen LogP contribution >= 0.6 is 0 Å². The molecule has 136 valence electrons. The molecule has 1 heterocycles. The normalized spacial score (nSPS) is 17.0. The van der Waals surface area contributed by atoms with E-state index >= 15 is 0 Å². The number of hydrogen-bond acceptors (Lipinski definition) is 4. The summed E-state index contributed by atoms with van der Waals surface area (Å²) in [6.45, 7) is 1.12. The van der Waals surface area contributed by atoms with E-state index in [0.29, 0.717) is 6.04 Å². The highest BCUT2D eigenvalue weighted by atomic mass is 16.5. The molecule has 1 N–H and O–H groups in total. The molecular formula is C22H25NO3. The predicted molar refractivity (Wildman–Crippen MR) is 106 cm³/mol. The van der Waals surface area contributed by atoms with Gasteiger partial charge in [-0.2, -0.15) is 0 Å². The summed E-state index contributed by atoms with van der Waals surface area (Å²) in [5.74, 6) is 2.37. The van der Waals surface area contributed by atoms with E-state index in [9.17, 15) is 0 Å². The minimum Gasteiger partial charge on any atom is -0.497 e. The molecule has 3 aromatic carbocycles. The summed E-state index contributed by atoms with van der Waals surface area (Å²) in [5.41, 5.74) is 1.36. The Bertz CT molecular complexity index is 945. The molecule has 1 saturated heterocycles. The first kappa shape index (κ1) is 17.0. The van der Waals surface area contributed by atoms with Crippen molar-refractivity contribution in [2.24, 2.45) is 0 Å². The minimum absolute atomic E-state index is 0.554. The third kappa shape index (κ3) is 2.95. The third-order valence-electron chi connectivity index (χ3n) is 5.38. The molecule has 4 rings (SSSR count). The van der Waals surface area contributed by atoms with Gasteiger partial charge in [0.25, 0.3) is 0 Å². The minimum atomic E-state index is 0.554. The zero-order valence-electron chi connectivity index (χ0n) is 15.6. The van der Waals surface area contributed by atoms with Crippen molar-refractivity contribution >= 4 is 21.5 Å². The first-order valence-corrected chi connectivity index (χ1v) is 9.12. The summed E-state index contributed by atoms with van der Waals surface area (Å²) >= 11 is 0. The number of benzene rings is 3. The lowest BCUT2D eigenvalue weighted by Gasteiger charge is -2.17. The SMILES string of the molecule is COc1ccc2c(CC3CCCN3)cc3cc(OC)c(OC)cc3c2c1. The Balaban J connectivity index is 1.97. The average molecular weight is 351 g/mol. The van der Waals surface area contributed by atoms with Gasteiger partial charge in [-0.25, -0.2) is 0 Å². The van der Waals surface area contributed by atoms with Crippen molar-refractivity contribution in [1.29, 1.82) is 0 Å². The standard InChI is InChI=1S/C22H25NO3/c1-24-17-6-7-18-14(10-16-5-4-8-23-16)9-15-11-21(25-2)22(26-3)13-19(15)20(18)12-17/h6-7,9,11-13,16,23H,4-5,8,10H2,1-3H3. The van der Waals surface area contributed by atoms with E-state index in [-0.39, 0.29) is 0 Å². The van der Waals surface area contributed by atoms with Crippen LogP contribution in [0.4, 0.5) is 0 Å². The molecule has 1 aliphatic heterocycles. The van der Waals surface area contributed by atoms with Crippen LogP contribution in [0.5, 0.6) is 17.2 Å². The van der Waals surface area contributed by atoms with Crippen LogP contribution in [0.25, 0.3) is 21.5 Å². The number of fused-ring (bicyclic) bond motifs is 3. The van der Waals surface area contributed by atoms with Gasteiger partial charge >= 0.3 is 0 Å². The van der Waals surface area contributed by atoms with Crippen molar-refractivity contribution in [2.45, 2.75) is 25.3 Å². The summed E-state index contributed by atoms with van der Waals surface area (Å²) in [5, 5.41) is 8.40. The summed E-state index contributed by atoms with van der Waals surface area (Å²) in [7, 11) is 5.06. The van der Waals surface area contributed by atoms with Crippen molar-refractivity contribution in [3.05, 3.63) is 42.0 Å². The molecule has 0 bridgehead atoms. The molecule has 0 amide bonds. The molecule has 0 aliphatic carbocycles. The van der Waals surface area contributed by atoms with E-state index in [1.54, 1.807) is 21.3 Å². The summed E-state index contributed by atoms with van der Waals surface area (Å²) in [6.07, 6.45) is 3.53. The fourth-order valence-electron chi connectivity index (χ4n) is 4.03. The van der Waals surface area contributed by atoms with Crippen molar-refractivity contribution < 1.29 is 14.2 Å². The monoisotopic (exact) mass is 351 g/mol. The highest BCUT2D eigenvalue weighted by Crippen LogP contribution is 2.38. The molecule has 3 aromatic rings. The van der Waals surface area contributed by atoms with Gasteiger partial charge in [0.05, 0.1) is 21.3 Å². The zero-order valence-corrected chi connectivity index (χ0v) is 15.6. The molecule has 1 fully saturated rings. The van der Waals surface area contributed by atoms with Gasteiger partial charge in [0, 0.05) is 6.04 Å². The second kappa shape index (κ2) is 7.04. The van der Waals surface area contributed by atoms with E-state index in [0.717, 1.165) is 41.0 Å².